The smallest absolute Gasteiger partial charge is 0.317 e. The zero-order valence-corrected chi connectivity index (χ0v) is 47.6. The second-order valence-corrected chi connectivity index (χ2v) is 19.5. The number of aliphatic carboxylic acids is 4. The maximum atomic E-state index is 12.9. The summed E-state index contributed by atoms with van der Waals surface area (Å²) in [6.45, 7) is 3.43. The largest absolute Gasteiger partial charge is 0.480 e. The van der Waals surface area contributed by atoms with E-state index in [1.807, 2.05) is 0 Å². The van der Waals surface area contributed by atoms with Crippen LogP contribution >= 0.6 is 0 Å². The minimum absolute atomic E-state index is 0.00991. The number of unbranched alkanes of at least 4 members (excludes halogenated alkanes) is 13. The molecule has 1 unspecified atom stereocenters. The zero-order valence-electron chi connectivity index (χ0n) is 47.6. The SMILES string of the molecule is CC/C=C/C/C=C/C/C=C/CCCCCCCC(=O)OCC(COCCCCCCNC(=O)CN(CCCN(CCN(CC(=O)O)CC(=O)O)CC(=O)O)CC(=O)O)OC(=O)CCCCCCC/C=C/C/C=C/C/C=C/CC. The van der Waals surface area contributed by atoms with Gasteiger partial charge in [0, 0.05) is 52.2 Å². The first-order valence-electron chi connectivity index (χ1n) is 28.9. The number of hydrogen-bond donors (Lipinski definition) is 5. The Kier molecular flexibility index (Phi) is 49.8. The van der Waals surface area contributed by atoms with Crippen LogP contribution in [0.25, 0.3) is 0 Å². The molecule has 0 radical (unpaired) electrons. The van der Waals surface area contributed by atoms with Gasteiger partial charge in [-0.1, -0.05) is 138 Å². The summed E-state index contributed by atoms with van der Waals surface area (Å²) >= 11 is 0. The highest BCUT2D eigenvalue weighted by atomic mass is 16.6. The van der Waals surface area contributed by atoms with Crippen LogP contribution in [0.15, 0.2) is 72.9 Å². The van der Waals surface area contributed by atoms with E-state index < -0.39 is 49.6 Å². The van der Waals surface area contributed by atoms with Crippen LogP contribution in [0.5, 0.6) is 0 Å². The van der Waals surface area contributed by atoms with Crippen LogP contribution in [0, 0.1) is 0 Å². The molecule has 0 fully saturated rings. The summed E-state index contributed by atoms with van der Waals surface area (Å²) in [6, 6.07) is 0. The van der Waals surface area contributed by atoms with Gasteiger partial charge in [0.05, 0.1) is 39.3 Å². The molecular weight excluding hydrogens is 1000 g/mol. The van der Waals surface area contributed by atoms with Crippen LogP contribution in [0.2, 0.25) is 0 Å². The van der Waals surface area contributed by atoms with Crippen molar-refractivity contribution in [3.05, 3.63) is 72.9 Å². The van der Waals surface area contributed by atoms with Gasteiger partial charge < -0.3 is 40.0 Å². The quantitative estimate of drug-likeness (QED) is 0.0216. The van der Waals surface area contributed by atoms with Gasteiger partial charge in [-0.15, -0.1) is 0 Å². The Bertz CT molecular complexity index is 1760. The summed E-state index contributed by atoms with van der Waals surface area (Å²) in [5.41, 5.74) is 0. The van der Waals surface area contributed by atoms with Crippen LogP contribution in [-0.2, 0) is 47.8 Å². The van der Waals surface area contributed by atoms with Gasteiger partial charge in [-0.3, -0.25) is 48.3 Å². The molecule has 0 aliphatic carbocycles. The number of amides is 1. The molecule has 0 aromatic heterocycles. The maximum Gasteiger partial charge on any atom is 0.317 e. The molecular formula is C60H100N4O14. The van der Waals surface area contributed by atoms with E-state index in [0.29, 0.717) is 38.8 Å². The number of rotatable bonds is 55. The van der Waals surface area contributed by atoms with Crippen LogP contribution in [-0.4, -0.2) is 168 Å². The van der Waals surface area contributed by atoms with Crippen molar-refractivity contribution in [2.45, 2.75) is 180 Å². The Balaban J connectivity index is 4.82. The topological polar surface area (TPSA) is 250 Å². The van der Waals surface area contributed by atoms with E-state index in [2.05, 4.69) is 92.1 Å². The van der Waals surface area contributed by atoms with E-state index in [4.69, 9.17) is 24.4 Å². The third-order valence-corrected chi connectivity index (χ3v) is 12.1. The third kappa shape index (κ3) is 52.6. The molecule has 0 saturated heterocycles. The number of carboxylic acids is 4. The van der Waals surface area contributed by atoms with E-state index in [-0.39, 0.29) is 76.7 Å². The average Bonchev–Trinajstić information content (AvgIpc) is 3.38. The first-order chi connectivity index (χ1) is 37.7. The molecule has 0 spiro atoms. The molecule has 18 heteroatoms. The summed E-state index contributed by atoms with van der Waals surface area (Å²) in [4.78, 5) is 87.8. The van der Waals surface area contributed by atoms with Gasteiger partial charge in [-0.25, -0.2) is 0 Å². The number of nitrogens with one attached hydrogen (secondary N) is 1. The van der Waals surface area contributed by atoms with E-state index in [1.54, 1.807) is 0 Å². The van der Waals surface area contributed by atoms with Gasteiger partial charge in [0.2, 0.25) is 5.91 Å². The van der Waals surface area contributed by atoms with Gasteiger partial charge in [-0.2, -0.15) is 0 Å². The highest BCUT2D eigenvalue weighted by molar-refractivity contribution is 5.79. The summed E-state index contributed by atoms with van der Waals surface area (Å²) < 4.78 is 17.2. The van der Waals surface area contributed by atoms with E-state index in [0.717, 1.165) is 128 Å². The Labute approximate surface area is 467 Å². The lowest BCUT2D eigenvalue weighted by Crippen LogP contribution is -2.43. The first kappa shape index (κ1) is 72.6. The lowest BCUT2D eigenvalue weighted by molar-refractivity contribution is -0.163. The Morgan fingerprint density at radius 3 is 1.36 bits per heavy atom. The molecule has 444 valence electrons. The monoisotopic (exact) mass is 1100 g/mol. The molecule has 18 nitrogen and oxygen atoms in total. The fraction of sp³-hybridized carbons (Fsp3) is 0.683. The van der Waals surface area contributed by atoms with Crippen molar-refractivity contribution in [1.82, 2.24) is 20.0 Å². The van der Waals surface area contributed by atoms with E-state index in [9.17, 15) is 43.8 Å². The maximum absolute atomic E-state index is 12.9. The molecule has 0 aliphatic heterocycles. The molecule has 0 saturated carbocycles. The number of carbonyl (C=O) groups is 7. The van der Waals surface area contributed by atoms with Gasteiger partial charge in [-0.05, 0) is 96.3 Å². The predicted octanol–water partition coefficient (Wildman–Crippen LogP) is 9.95. The first-order valence-corrected chi connectivity index (χ1v) is 28.9. The third-order valence-electron chi connectivity index (χ3n) is 12.1. The average molecular weight is 1100 g/mol. The number of carboxylic acid groups (broad SMARTS) is 4. The molecule has 0 aromatic carbocycles. The van der Waals surface area contributed by atoms with Crippen LogP contribution in [0.4, 0.5) is 0 Å². The van der Waals surface area contributed by atoms with Crippen LogP contribution < -0.4 is 5.32 Å². The van der Waals surface area contributed by atoms with Gasteiger partial charge in [0.15, 0.2) is 6.10 Å². The molecule has 1 atom stereocenters. The van der Waals surface area contributed by atoms with Crippen LogP contribution in [0.3, 0.4) is 0 Å². The summed E-state index contributed by atoms with van der Waals surface area (Å²) in [7, 11) is 0. The van der Waals surface area contributed by atoms with E-state index >= 15 is 0 Å². The molecule has 0 bridgehead atoms. The molecule has 0 aliphatic rings. The zero-order chi connectivity index (χ0) is 57.5. The second-order valence-electron chi connectivity index (χ2n) is 19.5. The summed E-state index contributed by atoms with van der Waals surface area (Å²) in [6.07, 6.45) is 47.5. The molecule has 0 heterocycles. The lowest BCUT2D eigenvalue weighted by Gasteiger charge is -2.26. The van der Waals surface area contributed by atoms with Crippen molar-refractivity contribution < 1.29 is 68.2 Å². The number of nitrogens with zero attached hydrogens (tertiary/aromatic N) is 3. The molecule has 5 N–H and O–H groups in total. The highest BCUT2D eigenvalue weighted by Crippen LogP contribution is 2.12. The standard InChI is InChI=1S/C60H100N4O14/c1-3-5-7-9-11-13-15-17-19-21-23-25-27-29-33-38-59(74)77-52-53(78-60(75)39-34-30-28-26-24-22-20-18-16-14-12-10-8-6-4-2)51-76-45-36-32-31-35-40-61-54(65)46-63(48-56(68)69)42-37-41-62(47-55(66)67)43-44-64(49-57(70)71)50-58(72)73/h5-8,11-14,17-20,53H,3-4,9-10,15-16,21-52H2,1-2H3,(H,61,65)(H,66,67)(H,68,69)(H,70,71)(H,72,73)/b7-5+,8-6+,13-11+,14-12+,19-17+,20-18+. The van der Waals surface area contributed by atoms with Crippen molar-refractivity contribution >= 4 is 41.7 Å². The summed E-state index contributed by atoms with van der Waals surface area (Å²) in [5.74, 6) is -5.73. The van der Waals surface area contributed by atoms with Crippen molar-refractivity contribution in [2.75, 3.05) is 85.3 Å². The molecule has 0 rings (SSSR count). The van der Waals surface area contributed by atoms with Gasteiger partial charge in [0.25, 0.3) is 0 Å². The van der Waals surface area contributed by atoms with E-state index in [1.165, 1.54) is 14.7 Å². The Hall–Kier alpha value is -5.43. The molecule has 1 amide bonds. The number of ether oxygens (including phenoxy) is 3. The highest BCUT2D eigenvalue weighted by Gasteiger charge is 2.20. The lowest BCUT2D eigenvalue weighted by atomic mass is 10.1. The van der Waals surface area contributed by atoms with Crippen LogP contribution in [0.1, 0.15) is 174 Å². The number of allylic oxidation sites excluding steroid dienone is 12. The fourth-order valence-corrected chi connectivity index (χ4v) is 8.04. The van der Waals surface area contributed by atoms with Crippen molar-refractivity contribution in [3.63, 3.8) is 0 Å². The van der Waals surface area contributed by atoms with Gasteiger partial charge >= 0.3 is 35.8 Å². The van der Waals surface area contributed by atoms with Crippen molar-refractivity contribution in [1.29, 1.82) is 0 Å². The van der Waals surface area contributed by atoms with Gasteiger partial charge in [0.1, 0.15) is 6.61 Å². The Morgan fingerprint density at radius 2 is 0.833 bits per heavy atom. The number of esters is 2. The molecule has 0 aromatic rings. The number of carbonyl (C=O) groups excluding carboxylic acids is 3. The summed E-state index contributed by atoms with van der Waals surface area (Å²) in [5, 5.41) is 39.8. The molecule has 78 heavy (non-hydrogen) atoms. The second kappa shape index (κ2) is 53.6. The minimum Gasteiger partial charge on any atom is -0.480 e. The Morgan fingerprint density at radius 1 is 0.423 bits per heavy atom. The number of hydrogen-bond acceptors (Lipinski definition) is 13. The predicted molar refractivity (Wildman–Crippen MR) is 306 cm³/mol. The van der Waals surface area contributed by atoms with Crippen molar-refractivity contribution in [3.8, 4) is 0 Å². The fourth-order valence-electron chi connectivity index (χ4n) is 8.04. The normalized spacial score (nSPS) is 12.5. The van der Waals surface area contributed by atoms with Crippen molar-refractivity contribution in [2.24, 2.45) is 0 Å². The minimum atomic E-state index is -1.22.